The van der Waals surface area contributed by atoms with Gasteiger partial charge in [-0.2, -0.15) is 0 Å². The zero-order valence-electron chi connectivity index (χ0n) is 12.8. The van der Waals surface area contributed by atoms with E-state index < -0.39 is 5.82 Å². The van der Waals surface area contributed by atoms with Crippen LogP contribution >= 0.6 is 0 Å². The highest BCUT2D eigenvalue weighted by Gasteiger charge is 2.16. The van der Waals surface area contributed by atoms with Crippen LogP contribution < -0.4 is 10.1 Å². The van der Waals surface area contributed by atoms with E-state index in [1.807, 2.05) is 32.9 Å². The van der Waals surface area contributed by atoms with E-state index in [1.54, 1.807) is 7.11 Å². The number of hydrogen-bond donors (Lipinski definition) is 1. The molecule has 0 radical (unpaired) electrons. The molecule has 0 unspecified atom stereocenters. The molecule has 2 rings (SSSR count). The summed E-state index contributed by atoms with van der Waals surface area (Å²) in [5.41, 5.74) is 2.97. The van der Waals surface area contributed by atoms with Crippen LogP contribution in [-0.2, 0) is 0 Å². The largest absolute Gasteiger partial charge is 0.496 e. The van der Waals surface area contributed by atoms with Crippen molar-refractivity contribution in [3.63, 3.8) is 0 Å². The van der Waals surface area contributed by atoms with Crippen molar-refractivity contribution in [3.05, 3.63) is 35.3 Å². The van der Waals surface area contributed by atoms with Crippen molar-refractivity contribution in [2.75, 3.05) is 19.0 Å². The van der Waals surface area contributed by atoms with E-state index in [9.17, 15) is 4.39 Å². The van der Waals surface area contributed by atoms with Crippen molar-refractivity contribution >= 4 is 5.95 Å². The number of nitrogens with one attached hydrogen (secondary N) is 1. The first-order valence-corrected chi connectivity index (χ1v) is 6.99. The maximum atomic E-state index is 14.1. The normalized spacial score (nSPS) is 10.5. The van der Waals surface area contributed by atoms with Crippen LogP contribution in [0.3, 0.4) is 0 Å². The molecule has 0 bridgehead atoms. The van der Waals surface area contributed by atoms with Gasteiger partial charge in [0, 0.05) is 12.1 Å². The number of methoxy groups -OCH3 is 1. The minimum Gasteiger partial charge on any atom is -0.496 e. The molecular formula is C16H20FN3O. The lowest BCUT2D eigenvalue weighted by Gasteiger charge is -2.14. The van der Waals surface area contributed by atoms with E-state index >= 15 is 0 Å². The smallest absolute Gasteiger partial charge is 0.223 e. The number of benzene rings is 1. The topological polar surface area (TPSA) is 47.0 Å². The van der Waals surface area contributed by atoms with E-state index in [0.717, 1.165) is 24.1 Å². The van der Waals surface area contributed by atoms with Crippen molar-refractivity contribution in [1.82, 2.24) is 9.97 Å². The second-order valence-electron chi connectivity index (χ2n) is 4.91. The summed E-state index contributed by atoms with van der Waals surface area (Å²) >= 11 is 0. The van der Waals surface area contributed by atoms with Crippen LogP contribution in [0, 0.1) is 19.7 Å². The molecule has 112 valence electrons. The van der Waals surface area contributed by atoms with Gasteiger partial charge in [0.05, 0.1) is 13.3 Å². The zero-order valence-corrected chi connectivity index (χ0v) is 12.8. The number of halogens is 1. The molecule has 0 aliphatic rings. The number of aryl methyl sites for hydroxylation is 1. The summed E-state index contributed by atoms with van der Waals surface area (Å²) in [4.78, 5) is 8.24. The first kappa shape index (κ1) is 15.2. The first-order chi connectivity index (χ1) is 10.1. The van der Waals surface area contributed by atoms with Crippen molar-refractivity contribution < 1.29 is 9.13 Å². The molecular weight excluding hydrogens is 269 g/mol. The Labute approximate surface area is 124 Å². The summed E-state index contributed by atoms with van der Waals surface area (Å²) < 4.78 is 19.6. The van der Waals surface area contributed by atoms with Gasteiger partial charge in [0.1, 0.15) is 11.4 Å². The predicted octanol–water partition coefficient (Wildman–Crippen LogP) is 3.73. The van der Waals surface area contributed by atoms with Crippen LogP contribution in [0.2, 0.25) is 0 Å². The van der Waals surface area contributed by atoms with E-state index in [1.165, 1.54) is 6.20 Å². The molecule has 0 amide bonds. The maximum absolute atomic E-state index is 14.1. The van der Waals surface area contributed by atoms with E-state index in [2.05, 4.69) is 15.3 Å². The van der Waals surface area contributed by atoms with Crippen molar-refractivity contribution in [2.45, 2.75) is 27.2 Å². The second-order valence-corrected chi connectivity index (χ2v) is 4.91. The third-order valence-corrected chi connectivity index (χ3v) is 3.41. The number of nitrogens with zero attached hydrogens (tertiary/aromatic N) is 2. The number of anilines is 1. The SMILES string of the molecule is CCCNc1ncc(F)c(-c2ccc(C)c(C)c2OC)n1. The fourth-order valence-electron chi connectivity index (χ4n) is 2.12. The number of aromatic nitrogens is 2. The second kappa shape index (κ2) is 6.52. The molecule has 1 aromatic carbocycles. The fourth-order valence-corrected chi connectivity index (χ4v) is 2.12. The Hall–Kier alpha value is -2.17. The minimum atomic E-state index is -0.460. The third-order valence-electron chi connectivity index (χ3n) is 3.41. The van der Waals surface area contributed by atoms with Crippen molar-refractivity contribution in [1.29, 1.82) is 0 Å². The molecule has 0 saturated heterocycles. The predicted molar refractivity (Wildman–Crippen MR) is 82.2 cm³/mol. The molecule has 0 aliphatic heterocycles. The summed E-state index contributed by atoms with van der Waals surface area (Å²) in [6, 6.07) is 3.77. The van der Waals surface area contributed by atoms with Gasteiger partial charge in [-0.05, 0) is 37.5 Å². The van der Waals surface area contributed by atoms with Gasteiger partial charge in [0.25, 0.3) is 0 Å². The van der Waals surface area contributed by atoms with Gasteiger partial charge in [0.15, 0.2) is 5.82 Å². The molecule has 0 atom stereocenters. The van der Waals surface area contributed by atoms with Gasteiger partial charge in [-0.15, -0.1) is 0 Å². The van der Waals surface area contributed by atoms with Crippen LogP contribution in [0.1, 0.15) is 24.5 Å². The molecule has 2 aromatic rings. The average molecular weight is 289 g/mol. The highest BCUT2D eigenvalue weighted by molar-refractivity contribution is 5.71. The highest BCUT2D eigenvalue weighted by atomic mass is 19.1. The number of ether oxygens (including phenoxy) is 1. The highest BCUT2D eigenvalue weighted by Crippen LogP contribution is 2.34. The summed E-state index contributed by atoms with van der Waals surface area (Å²) in [5.74, 6) is 0.612. The van der Waals surface area contributed by atoms with Crippen LogP contribution in [0.4, 0.5) is 10.3 Å². The Morgan fingerprint density at radius 3 is 2.71 bits per heavy atom. The number of hydrogen-bond acceptors (Lipinski definition) is 4. The van der Waals surface area contributed by atoms with Gasteiger partial charge in [-0.3, -0.25) is 0 Å². The Kier molecular flexibility index (Phi) is 4.73. The molecule has 0 fully saturated rings. The molecule has 1 N–H and O–H groups in total. The van der Waals surface area contributed by atoms with Gasteiger partial charge < -0.3 is 10.1 Å². The molecule has 0 aliphatic carbocycles. The monoisotopic (exact) mass is 289 g/mol. The Morgan fingerprint density at radius 2 is 2.05 bits per heavy atom. The lowest BCUT2D eigenvalue weighted by atomic mass is 10.0. The molecule has 5 heteroatoms. The van der Waals surface area contributed by atoms with E-state index in [4.69, 9.17) is 4.74 Å². The van der Waals surface area contributed by atoms with Gasteiger partial charge in [0.2, 0.25) is 5.95 Å². The number of rotatable bonds is 5. The molecule has 0 spiro atoms. The standard InChI is InChI=1S/C16H20FN3O/c1-5-8-18-16-19-9-13(17)14(20-16)12-7-6-10(2)11(3)15(12)21-4/h6-7,9H,5,8H2,1-4H3,(H,18,19,20). The minimum absolute atomic E-state index is 0.253. The van der Waals surface area contributed by atoms with Crippen LogP contribution in [0.5, 0.6) is 5.75 Å². The molecule has 4 nitrogen and oxygen atoms in total. The lowest BCUT2D eigenvalue weighted by molar-refractivity contribution is 0.412. The molecule has 1 aromatic heterocycles. The van der Waals surface area contributed by atoms with Gasteiger partial charge in [-0.25, -0.2) is 14.4 Å². The Balaban J connectivity index is 2.53. The quantitative estimate of drug-likeness (QED) is 0.911. The van der Waals surface area contributed by atoms with Gasteiger partial charge >= 0.3 is 0 Å². The summed E-state index contributed by atoms with van der Waals surface area (Å²) in [5, 5.41) is 3.07. The fraction of sp³-hybridized carbons (Fsp3) is 0.375. The third kappa shape index (κ3) is 3.12. The average Bonchev–Trinajstić information content (AvgIpc) is 2.49. The van der Waals surface area contributed by atoms with Crippen LogP contribution in [-0.4, -0.2) is 23.6 Å². The van der Waals surface area contributed by atoms with Crippen molar-refractivity contribution in [2.24, 2.45) is 0 Å². The van der Waals surface area contributed by atoms with E-state index in [0.29, 0.717) is 17.3 Å². The van der Waals surface area contributed by atoms with Crippen molar-refractivity contribution in [3.8, 4) is 17.0 Å². The maximum Gasteiger partial charge on any atom is 0.223 e. The first-order valence-electron chi connectivity index (χ1n) is 6.99. The van der Waals surface area contributed by atoms with Crippen LogP contribution in [0.15, 0.2) is 18.3 Å². The molecule has 0 saturated carbocycles. The van der Waals surface area contributed by atoms with Crippen LogP contribution in [0.25, 0.3) is 11.3 Å². The lowest BCUT2D eigenvalue weighted by Crippen LogP contribution is -2.06. The Bertz CT molecular complexity index is 644. The summed E-state index contributed by atoms with van der Waals surface area (Å²) in [6.45, 7) is 6.73. The summed E-state index contributed by atoms with van der Waals surface area (Å²) in [7, 11) is 1.58. The van der Waals surface area contributed by atoms with E-state index in [-0.39, 0.29) is 5.69 Å². The van der Waals surface area contributed by atoms with Gasteiger partial charge in [-0.1, -0.05) is 13.0 Å². The molecule has 21 heavy (non-hydrogen) atoms. The molecule has 1 heterocycles. The zero-order chi connectivity index (χ0) is 15.4. The Morgan fingerprint density at radius 1 is 1.29 bits per heavy atom. The summed E-state index contributed by atoms with van der Waals surface area (Å²) in [6.07, 6.45) is 2.14.